The summed E-state index contributed by atoms with van der Waals surface area (Å²) < 4.78 is 38.2. The Hall–Kier alpha value is -1.10. The molecule has 2 nitrogen and oxygen atoms in total. The summed E-state index contributed by atoms with van der Waals surface area (Å²) in [5.41, 5.74) is 5.32. The van der Waals surface area contributed by atoms with E-state index < -0.39 is 23.6 Å². The molecule has 2 N–H and O–H groups in total. The zero-order valence-corrected chi connectivity index (χ0v) is 7.73. The Morgan fingerprint density at radius 2 is 2.00 bits per heavy atom. The summed E-state index contributed by atoms with van der Waals surface area (Å²) in [6.45, 7) is 1.86. The lowest BCUT2D eigenvalue weighted by molar-refractivity contribution is 0.443. The van der Waals surface area contributed by atoms with Crippen molar-refractivity contribution in [3.05, 3.63) is 29.3 Å². The van der Waals surface area contributed by atoms with Crippen LogP contribution in [0.1, 0.15) is 31.5 Å². The van der Waals surface area contributed by atoms with Gasteiger partial charge in [0.2, 0.25) is 5.95 Å². The maximum absolute atomic E-state index is 13.1. The topological polar surface area (TPSA) is 38.9 Å². The third-order valence-electron chi connectivity index (χ3n) is 1.86. The van der Waals surface area contributed by atoms with Crippen LogP contribution in [0.5, 0.6) is 0 Å². The van der Waals surface area contributed by atoms with Gasteiger partial charge in [-0.2, -0.15) is 4.39 Å². The van der Waals surface area contributed by atoms with Gasteiger partial charge in [0.15, 0.2) is 5.82 Å². The second-order valence-electron chi connectivity index (χ2n) is 3.02. The largest absolute Gasteiger partial charge is 0.323 e. The first-order valence-electron chi connectivity index (χ1n) is 4.33. The van der Waals surface area contributed by atoms with Gasteiger partial charge in [-0.15, -0.1) is 0 Å². The van der Waals surface area contributed by atoms with E-state index in [2.05, 4.69) is 4.98 Å². The molecular formula is C9H11F3N2. The van der Waals surface area contributed by atoms with E-state index in [1.54, 1.807) is 0 Å². The van der Waals surface area contributed by atoms with E-state index >= 15 is 0 Å². The Morgan fingerprint density at radius 3 is 2.57 bits per heavy atom. The average Bonchev–Trinajstić information content (AvgIpc) is 2.11. The number of halogens is 3. The highest BCUT2D eigenvalue weighted by atomic mass is 19.2. The van der Waals surface area contributed by atoms with E-state index in [-0.39, 0.29) is 5.69 Å². The van der Waals surface area contributed by atoms with Gasteiger partial charge in [0.05, 0.1) is 11.7 Å². The van der Waals surface area contributed by atoms with Crippen molar-refractivity contribution in [1.82, 2.24) is 4.98 Å². The molecule has 0 bridgehead atoms. The molecule has 78 valence electrons. The fourth-order valence-corrected chi connectivity index (χ4v) is 1.17. The fourth-order valence-electron chi connectivity index (χ4n) is 1.17. The number of rotatable bonds is 3. The zero-order chi connectivity index (χ0) is 10.7. The van der Waals surface area contributed by atoms with Crippen molar-refractivity contribution in [3.8, 4) is 0 Å². The highest BCUT2D eigenvalue weighted by Crippen LogP contribution is 2.18. The first-order chi connectivity index (χ1) is 6.56. The molecule has 0 saturated heterocycles. The minimum atomic E-state index is -1.31. The van der Waals surface area contributed by atoms with E-state index in [4.69, 9.17) is 5.73 Å². The second kappa shape index (κ2) is 4.41. The maximum Gasteiger partial charge on any atom is 0.249 e. The summed E-state index contributed by atoms with van der Waals surface area (Å²) in [5, 5.41) is 0. The SMILES string of the molecule is CCC[C@@H](N)c1nc(F)c(F)cc1F. The summed E-state index contributed by atoms with van der Waals surface area (Å²) in [4.78, 5) is 3.15. The van der Waals surface area contributed by atoms with Crippen molar-refractivity contribution >= 4 is 0 Å². The molecule has 0 aromatic carbocycles. The van der Waals surface area contributed by atoms with Crippen molar-refractivity contribution in [2.45, 2.75) is 25.8 Å². The van der Waals surface area contributed by atoms with Gasteiger partial charge in [-0.3, -0.25) is 0 Å². The molecule has 1 aromatic rings. The van der Waals surface area contributed by atoms with Gasteiger partial charge in [-0.1, -0.05) is 13.3 Å². The van der Waals surface area contributed by atoms with E-state index in [0.717, 1.165) is 6.42 Å². The van der Waals surface area contributed by atoms with Crippen molar-refractivity contribution in [1.29, 1.82) is 0 Å². The molecule has 0 fully saturated rings. The van der Waals surface area contributed by atoms with E-state index in [1.807, 2.05) is 6.92 Å². The monoisotopic (exact) mass is 204 g/mol. The molecule has 1 rings (SSSR count). The molecule has 0 saturated carbocycles. The van der Waals surface area contributed by atoms with Crippen molar-refractivity contribution in [2.75, 3.05) is 0 Å². The van der Waals surface area contributed by atoms with Gasteiger partial charge in [0.25, 0.3) is 0 Å². The molecule has 0 radical (unpaired) electrons. The average molecular weight is 204 g/mol. The number of nitrogens with zero attached hydrogens (tertiary/aromatic N) is 1. The Labute approximate surface area is 79.9 Å². The normalized spacial score (nSPS) is 12.9. The van der Waals surface area contributed by atoms with Crippen LogP contribution in [0.4, 0.5) is 13.2 Å². The number of hydrogen-bond donors (Lipinski definition) is 1. The van der Waals surface area contributed by atoms with Crippen molar-refractivity contribution in [3.63, 3.8) is 0 Å². The molecule has 0 unspecified atom stereocenters. The van der Waals surface area contributed by atoms with Crippen LogP contribution < -0.4 is 5.73 Å². The van der Waals surface area contributed by atoms with Crippen LogP contribution >= 0.6 is 0 Å². The summed E-state index contributed by atoms with van der Waals surface area (Å²) in [6, 6.07) is -0.220. The lowest BCUT2D eigenvalue weighted by Gasteiger charge is -2.10. The highest BCUT2D eigenvalue weighted by molar-refractivity contribution is 5.13. The molecule has 0 aliphatic carbocycles. The molecule has 14 heavy (non-hydrogen) atoms. The first-order valence-corrected chi connectivity index (χ1v) is 4.33. The van der Waals surface area contributed by atoms with E-state index in [9.17, 15) is 13.2 Å². The summed E-state index contributed by atoms with van der Waals surface area (Å²) >= 11 is 0. The Balaban J connectivity index is 3.02. The van der Waals surface area contributed by atoms with Crippen LogP contribution in [0.3, 0.4) is 0 Å². The van der Waals surface area contributed by atoms with Crippen LogP contribution in [0.2, 0.25) is 0 Å². The van der Waals surface area contributed by atoms with Crippen LogP contribution in [0.25, 0.3) is 0 Å². The van der Waals surface area contributed by atoms with Crippen molar-refractivity contribution in [2.24, 2.45) is 5.73 Å². The molecule has 1 aromatic heterocycles. The van der Waals surface area contributed by atoms with E-state index in [0.29, 0.717) is 12.5 Å². The number of pyridine rings is 1. The predicted octanol–water partition coefficient (Wildman–Crippen LogP) is 2.30. The van der Waals surface area contributed by atoms with Gasteiger partial charge in [-0.05, 0) is 6.42 Å². The third-order valence-corrected chi connectivity index (χ3v) is 1.86. The van der Waals surface area contributed by atoms with Gasteiger partial charge in [0, 0.05) is 6.07 Å². The quantitative estimate of drug-likeness (QED) is 0.767. The Bertz CT molecular complexity index is 328. The lowest BCUT2D eigenvalue weighted by Crippen LogP contribution is -2.15. The minimum Gasteiger partial charge on any atom is -0.323 e. The Morgan fingerprint density at radius 1 is 1.36 bits per heavy atom. The summed E-state index contributed by atoms with van der Waals surface area (Å²) in [5.74, 6) is -3.51. The first kappa shape index (κ1) is 11.0. The smallest absolute Gasteiger partial charge is 0.249 e. The van der Waals surface area contributed by atoms with E-state index in [1.165, 1.54) is 0 Å². The molecule has 1 heterocycles. The summed E-state index contributed by atoms with van der Waals surface area (Å²) in [6.07, 6.45) is 1.20. The highest BCUT2D eigenvalue weighted by Gasteiger charge is 2.16. The molecular weight excluding hydrogens is 193 g/mol. The Kier molecular flexibility index (Phi) is 3.46. The number of hydrogen-bond acceptors (Lipinski definition) is 2. The summed E-state index contributed by atoms with van der Waals surface area (Å²) in [7, 11) is 0. The van der Waals surface area contributed by atoms with Gasteiger partial charge >= 0.3 is 0 Å². The molecule has 0 aliphatic heterocycles. The number of nitrogens with two attached hydrogens (primary N) is 1. The maximum atomic E-state index is 13.1. The van der Waals surface area contributed by atoms with Crippen LogP contribution in [0, 0.1) is 17.6 Å². The van der Waals surface area contributed by atoms with Crippen molar-refractivity contribution < 1.29 is 13.2 Å². The van der Waals surface area contributed by atoms with Crippen LogP contribution in [-0.2, 0) is 0 Å². The van der Waals surface area contributed by atoms with Crippen LogP contribution in [-0.4, -0.2) is 4.98 Å². The van der Waals surface area contributed by atoms with Gasteiger partial charge in [0.1, 0.15) is 5.82 Å². The second-order valence-corrected chi connectivity index (χ2v) is 3.02. The zero-order valence-electron chi connectivity index (χ0n) is 7.73. The molecule has 0 spiro atoms. The van der Waals surface area contributed by atoms with Gasteiger partial charge < -0.3 is 5.73 Å². The van der Waals surface area contributed by atoms with Crippen LogP contribution in [0.15, 0.2) is 6.07 Å². The molecule has 1 atom stereocenters. The number of aromatic nitrogens is 1. The minimum absolute atomic E-state index is 0.217. The third kappa shape index (κ3) is 2.23. The van der Waals surface area contributed by atoms with Gasteiger partial charge in [-0.25, -0.2) is 13.8 Å². The fraction of sp³-hybridized carbons (Fsp3) is 0.444. The lowest BCUT2D eigenvalue weighted by atomic mass is 10.1. The standard InChI is InChI=1S/C9H11F3N2/c1-2-3-7(13)8-5(10)4-6(11)9(12)14-8/h4,7H,2-3,13H2,1H3/t7-/m1/s1. The molecule has 0 amide bonds. The predicted molar refractivity (Wildman–Crippen MR) is 45.9 cm³/mol. The molecule has 0 aliphatic rings. The molecule has 5 heteroatoms.